The molecule has 21 heavy (non-hydrogen) atoms. The maximum absolute atomic E-state index is 12.1. The molecule has 1 aliphatic heterocycles. The molecule has 0 atom stereocenters. The van der Waals surface area contributed by atoms with Crippen molar-refractivity contribution in [1.29, 1.82) is 0 Å². The van der Waals surface area contributed by atoms with Crippen LogP contribution in [0.2, 0.25) is 0 Å². The van der Waals surface area contributed by atoms with Crippen LogP contribution in [0.25, 0.3) is 0 Å². The zero-order chi connectivity index (χ0) is 15.6. The standard InChI is InChI=1S/C17H25NO3/c1-5-6-17(20)10-18(11-17)15(19)9-21-16-13(3)7-12(2)8-14(16)4/h7-8,20H,5-6,9-11H2,1-4H3. The highest BCUT2D eigenvalue weighted by Gasteiger charge is 2.42. The van der Waals surface area contributed by atoms with Crippen LogP contribution in [0.1, 0.15) is 36.5 Å². The van der Waals surface area contributed by atoms with E-state index in [0.29, 0.717) is 13.1 Å². The number of hydrogen-bond acceptors (Lipinski definition) is 3. The zero-order valence-electron chi connectivity index (χ0n) is 13.4. The Balaban J connectivity index is 1.89. The summed E-state index contributed by atoms with van der Waals surface area (Å²) >= 11 is 0. The van der Waals surface area contributed by atoms with Gasteiger partial charge in [0.05, 0.1) is 18.7 Å². The second-order valence-corrected chi connectivity index (χ2v) is 6.24. The first-order valence-electron chi connectivity index (χ1n) is 7.55. The minimum Gasteiger partial charge on any atom is -0.483 e. The minimum absolute atomic E-state index is 0.0347. The Morgan fingerprint density at radius 1 is 1.29 bits per heavy atom. The molecule has 0 unspecified atom stereocenters. The number of nitrogens with zero attached hydrogens (tertiary/aromatic N) is 1. The fraction of sp³-hybridized carbons (Fsp3) is 0.588. The molecule has 4 heteroatoms. The van der Waals surface area contributed by atoms with Crippen LogP contribution in [0.4, 0.5) is 0 Å². The second-order valence-electron chi connectivity index (χ2n) is 6.24. The number of carbonyl (C=O) groups is 1. The molecule has 1 fully saturated rings. The molecule has 0 saturated carbocycles. The molecule has 0 spiro atoms. The average molecular weight is 291 g/mol. The molecule has 0 bridgehead atoms. The predicted molar refractivity (Wildman–Crippen MR) is 82.6 cm³/mol. The van der Waals surface area contributed by atoms with Crippen LogP contribution in [0.5, 0.6) is 5.75 Å². The number of benzene rings is 1. The number of aryl methyl sites for hydroxylation is 3. The lowest BCUT2D eigenvalue weighted by Crippen LogP contribution is -2.64. The van der Waals surface area contributed by atoms with Crippen LogP contribution in [-0.2, 0) is 4.79 Å². The molecule has 1 saturated heterocycles. The van der Waals surface area contributed by atoms with Gasteiger partial charge in [0, 0.05) is 0 Å². The fourth-order valence-corrected chi connectivity index (χ4v) is 3.08. The predicted octanol–water partition coefficient (Wildman–Crippen LogP) is 2.36. The van der Waals surface area contributed by atoms with Crippen molar-refractivity contribution in [2.24, 2.45) is 0 Å². The summed E-state index contributed by atoms with van der Waals surface area (Å²) in [7, 11) is 0. The molecule has 1 N–H and O–H groups in total. The third-order valence-electron chi connectivity index (χ3n) is 3.98. The molecular weight excluding hydrogens is 266 g/mol. The summed E-state index contributed by atoms with van der Waals surface area (Å²) in [4.78, 5) is 13.7. The van der Waals surface area contributed by atoms with Crippen LogP contribution in [0.15, 0.2) is 12.1 Å². The number of hydrogen-bond donors (Lipinski definition) is 1. The normalized spacial score (nSPS) is 16.5. The third-order valence-corrected chi connectivity index (χ3v) is 3.98. The molecule has 1 aromatic carbocycles. The van der Waals surface area contributed by atoms with E-state index in [0.717, 1.165) is 29.7 Å². The maximum Gasteiger partial charge on any atom is 0.260 e. The van der Waals surface area contributed by atoms with Crippen molar-refractivity contribution < 1.29 is 14.6 Å². The molecule has 1 aromatic rings. The van der Waals surface area contributed by atoms with Gasteiger partial charge in [-0.15, -0.1) is 0 Å². The van der Waals surface area contributed by atoms with Crippen molar-refractivity contribution in [3.05, 3.63) is 28.8 Å². The number of aliphatic hydroxyl groups is 1. The van der Waals surface area contributed by atoms with Crippen molar-refractivity contribution in [1.82, 2.24) is 4.90 Å². The van der Waals surface area contributed by atoms with Crippen LogP contribution >= 0.6 is 0 Å². The first-order valence-corrected chi connectivity index (χ1v) is 7.55. The van der Waals surface area contributed by atoms with Crippen molar-refractivity contribution in [2.75, 3.05) is 19.7 Å². The number of rotatable bonds is 5. The number of β-amino-alcohol motifs (C(OH)–C–C–N with tert-alkyl or cyclic N) is 1. The van der Waals surface area contributed by atoms with Crippen LogP contribution in [0, 0.1) is 20.8 Å². The van der Waals surface area contributed by atoms with Gasteiger partial charge in [-0.2, -0.15) is 0 Å². The summed E-state index contributed by atoms with van der Waals surface area (Å²) in [6.45, 7) is 8.95. The van der Waals surface area contributed by atoms with E-state index in [1.54, 1.807) is 4.90 Å². The number of ether oxygens (including phenoxy) is 1. The number of amides is 1. The molecule has 0 aliphatic carbocycles. The highest BCUT2D eigenvalue weighted by Crippen LogP contribution is 2.27. The third kappa shape index (κ3) is 3.56. The van der Waals surface area contributed by atoms with Gasteiger partial charge in [0.25, 0.3) is 5.91 Å². The molecular formula is C17H25NO3. The largest absolute Gasteiger partial charge is 0.483 e. The molecule has 1 heterocycles. The van der Waals surface area contributed by atoms with Crippen molar-refractivity contribution in [3.8, 4) is 5.75 Å². The van der Waals surface area contributed by atoms with Gasteiger partial charge in [-0.1, -0.05) is 31.0 Å². The van der Waals surface area contributed by atoms with Gasteiger partial charge in [-0.25, -0.2) is 0 Å². The number of carbonyl (C=O) groups excluding carboxylic acids is 1. The number of likely N-dealkylation sites (tertiary alicyclic amines) is 1. The van der Waals surface area contributed by atoms with Gasteiger partial charge in [-0.05, 0) is 38.3 Å². The summed E-state index contributed by atoms with van der Waals surface area (Å²) in [6.07, 6.45) is 1.67. The van der Waals surface area contributed by atoms with E-state index in [1.165, 1.54) is 5.56 Å². The molecule has 4 nitrogen and oxygen atoms in total. The second kappa shape index (κ2) is 6.06. The Bertz CT molecular complexity index is 510. The summed E-state index contributed by atoms with van der Waals surface area (Å²) in [5.74, 6) is 0.730. The van der Waals surface area contributed by atoms with Gasteiger partial charge in [0.15, 0.2) is 6.61 Å². The molecule has 2 rings (SSSR count). The molecule has 1 aliphatic rings. The Labute approximate surface area is 126 Å². The van der Waals surface area contributed by atoms with Crippen molar-refractivity contribution >= 4 is 5.91 Å². The average Bonchev–Trinajstić information content (AvgIpc) is 2.34. The lowest BCUT2D eigenvalue weighted by Gasteiger charge is -2.46. The van der Waals surface area contributed by atoms with Crippen molar-refractivity contribution in [3.63, 3.8) is 0 Å². The zero-order valence-corrected chi connectivity index (χ0v) is 13.4. The van der Waals surface area contributed by atoms with E-state index in [9.17, 15) is 9.90 Å². The smallest absolute Gasteiger partial charge is 0.260 e. The summed E-state index contributed by atoms with van der Waals surface area (Å²) in [5, 5.41) is 10.1. The van der Waals surface area contributed by atoms with Crippen molar-refractivity contribution in [2.45, 2.75) is 46.1 Å². The van der Waals surface area contributed by atoms with E-state index in [-0.39, 0.29) is 12.5 Å². The van der Waals surface area contributed by atoms with Gasteiger partial charge in [-0.3, -0.25) is 4.79 Å². The molecule has 0 aromatic heterocycles. The first kappa shape index (κ1) is 15.8. The topological polar surface area (TPSA) is 49.8 Å². The monoisotopic (exact) mass is 291 g/mol. The van der Waals surface area contributed by atoms with E-state index in [4.69, 9.17) is 4.74 Å². The first-order chi connectivity index (χ1) is 9.84. The molecule has 116 valence electrons. The highest BCUT2D eigenvalue weighted by molar-refractivity contribution is 5.79. The summed E-state index contributed by atoms with van der Waals surface area (Å²) < 4.78 is 5.70. The Hall–Kier alpha value is -1.55. The minimum atomic E-state index is -0.680. The van der Waals surface area contributed by atoms with E-state index in [1.807, 2.05) is 27.7 Å². The SMILES string of the molecule is CCCC1(O)CN(C(=O)COc2c(C)cc(C)cc2C)C1. The molecule has 0 radical (unpaired) electrons. The highest BCUT2D eigenvalue weighted by atomic mass is 16.5. The quantitative estimate of drug-likeness (QED) is 0.906. The lowest BCUT2D eigenvalue weighted by atomic mass is 9.89. The van der Waals surface area contributed by atoms with Crippen LogP contribution in [-0.4, -0.2) is 41.2 Å². The Kier molecular flexibility index (Phi) is 4.57. The molecule has 1 amide bonds. The Morgan fingerprint density at radius 2 is 1.86 bits per heavy atom. The summed E-state index contributed by atoms with van der Waals surface area (Å²) in [5.41, 5.74) is 2.61. The van der Waals surface area contributed by atoms with Crippen LogP contribution < -0.4 is 4.74 Å². The van der Waals surface area contributed by atoms with E-state index < -0.39 is 5.60 Å². The fourth-order valence-electron chi connectivity index (χ4n) is 3.08. The lowest BCUT2D eigenvalue weighted by molar-refractivity contribution is -0.158. The summed E-state index contributed by atoms with van der Waals surface area (Å²) in [6, 6.07) is 4.10. The maximum atomic E-state index is 12.1. The van der Waals surface area contributed by atoms with E-state index >= 15 is 0 Å². The van der Waals surface area contributed by atoms with Crippen LogP contribution in [0.3, 0.4) is 0 Å². The van der Waals surface area contributed by atoms with Gasteiger partial charge in [0.1, 0.15) is 5.75 Å². The Morgan fingerprint density at radius 3 is 2.38 bits per heavy atom. The van der Waals surface area contributed by atoms with Gasteiger partial charge in [0.2, 0.25) is 0 Å². The van der Waals surface area contributed by atoms with Gasteiger partial charge < -0.3 is 14.7 Å². The van der Waals surface area contributed by atoms with Gasteiger partial charge >= 0.3 is 0 Å². The van der Waals surface area contributed by atoms with E-state index in [2.05, 4.69) is 12.1 Å².